The summed E-state index contributed by atoms with van der Waals surface area (Å²) in [6.07, 6.45) is 3.00. The number of benzene rings is 2. The molecular formula is C21H21BrClN3O2. The summed E-state index contributed by atoms with van der Waals surface area (Å²) in [5.41, 5.74) is 3.11. The van der Waals surface area contributed by atoms with Gasteiger partial charge in [0, 0.05) is 30.1 Å². The Balaban J connectivity index is 1.76. The second-order valence-corrected chi connectivity index (χ2v) is 8.57. The first-order valence-corrected chi connectivity index (χ1v) is 10.5. The minimum absolute atomic E-state index is 0.0234. The van der Waals surface area contributed by atoms with Gasteiger partial charge < -0.3 is 4.90 Å². The van der Waals surface area contributed by atoms with Crippen LogP contribution in [0.5, 0.6) is 0 Å². The minimum Gasteiger partial charge on any atom is -0.332 e. The Bertz CT molecular complexity index is 1120. The fourth-order valence-corrected chi connectivity index (χ4v) is 4.67. The lowest BCUT2D eigenvalue weighted by Crippen LogP contribution is -2.38. The van der Waals surface area contributed by atoms with Crippen LogP contribution in [-0.4, -0.2) is 26.5 Å². The lowest BCUT2D eigenvalue weighted by atomic mass is 9.94. The third-order valence-corrected chi connectivity index (χ3v) is 6.52. The van der Waals surface area contributed by atoms with Crippen LogP contribution in [0.1, 0.15) is 41.2 Å². The van der Waals surface area contributed by atoms with E-state index in [9.17, 15) is 9.59 Å². The first kappa shape index (κ1) is 19.3. The number of aromatic nitrogens is 2. The topological polar surface area (TPSA) is 47.2 Å². The van der Waals surface area contributed by atoms with Gasteiger partial charge in [-0.05, 0) is 65.0 Å². The van der Waals surface area contributed by atoms with E-state index >= 15 is 0 Å². The Labute approximate surface area is 176 Å². The zero-order valence-electron chi connectivity index (χ0n) is 15.8. The maximum atomic E-state index is 13.5. The molecule has 1 aromatic heterocycles. The second-order valence-electron chi connectivity index (χ2n) is 7.28. The molecular weight excluding hydrogens is 442 g/mol. The Kier molecular flexibility index (Phi) is 5.10. The summed E-state index contributed by atoms with van der Waals surface area (Å²) in [6, 6.07) is 11.4. The lowest BCUT2D eigenvalue weighted by Gasteiger charge is -2.36. The van der Waals surface area contributed by atoms with Gasteiger partial charge in [0.05, 0.1) is 22.6 Å². The van der Waals surface area contributed by atoms with E-state index in [1.165, 1.54) is 0 Å². The van der Waals surface area contributed by atoms with E-state index in [1.807, 2.05) is 41.3 Å². The van der Waals surface area contributed by atoms with Gasteiger partial charge in [-0.1, -0.05) is 23.7 Å². The number of aryl methyl sites for hydroxylation is 2. The molecule has 2 aromatic carbocycles. The minimum atomic E-state index is -0.108. The lowest BCUT2D eigenvalue weighted by molar-refractivity contribution is 0.0611. The Morgan fingerprint density at radius 1 is 1.07 bits per heavy atom. The van der Waals surface area contributed by atoms with Crippen LogP contribution in [0.25, 0.3) is 11.0 Å². The van der Waals surface area contributed by atoms with Gasteiger partial charge in [-0.3, -0.25) is 13.9 Å². The highest BCUT2D eigenvalue weighted by molar-refractivity contribution is 9.10. The van der Waals surface area contributed by atoms with Crippen LogP contribution in [0.2, 0.25) is 5.02 Å². The first-order chi connectivity index (χ1) is 13.4. The van der Waals surface area contributed by atoms with Crippen LogP contribution in [0, 0.1) is 0 Å². The maximum absolute atomic E-state index is 13.5. The van der Waals surface area contributed by atoms with Crippen LogP contribution >= 0.6 is 27.5 Å². The molecule has 0 aliphatic carbocycles. The highest BCUT2D eigenvalue weighted by Gasteiger charge is 2.30. The molecule has 5 nitrogen and oxygen atoms in total. The number of imidazole rings is 1. The van der Waals surface area contributed by atoms with E-state index < -0.39 is 0 Å². The summed E-state index contributed by atoms with van der Waals surface area (Å²) >= 11 is 9.58. The van der Waals surface area contributed by atoms with Gasteiger partial charge in [0.25, 0.3) is 5.91 Å². The number of nitrogens with zero attached hydrogens (tertiary/aromatic N) is 3. The smallest absolute Gasteiger partial charge is 0.328 e. The monoisotopic (exact) mass is 461 g/mol. The summed E-state index contributed by atoms with van der Waals surface area (Å²) in [7, 11) is 3.46. The molecule has 1 atom stereocenters. The molecule has 1 amide bonds. The number of hydrogen-bond acceptors (Lipinski definition) is 2. The zero-order chi connectivity index (χ0) is 20.0. The molecule has 28 heavy (non-hydrogen) atoms. The van der Waals surface area contributed by atoms with Crippen molar-refractivity contribution in [3.05, 3.63) is 67.5 Å². The van der Waals surface area contributed by atoms with Crippen molar-refractivity contribution in [3.63, 3.8) is 0 Å². The van der Waals surface area contributed by atoms with Crippen LogP contribution in [0.4, 0.5) is 0 Å². The molecule has 1 unspecified atom stereocenters. The van der Waals surface area contributed by atoms with Gasteiger partial charge in [-0.25, -0.2) is 4.79 Å². The van der Waals surface area contributed by atoms with Crippen molar-refractivity contribution in [2.45, 2.75) is 25.3 Å². The summed E-state index contributed by atoms with van der Waals surface area (Å²) in [6.45, 7) is 0.713. The molecule has 0 bridgehead atoms. The molecule has 1 saturated heterocycles. The third-order valence-electron chi connectivity index (χ3n) is 5.61. The molecule has 0 radical (unpaired) electrons. The van der Waals surface area contributed by atoms with E-state index in [2.05, 4.69) is 15.9 Å². The van der Waals surface area contributed by atoms with E-state index in [1.54, 1.807) is 23.2 Å². The van der Waals surface area contributed by atoms with Crippen molar-refractivity contribution in [3.8, 4) is 0 Å². The number of likely N-dealkylation sites (tertiary alicyclic amines) is 1. The van der Waals surface area contributed by atoms with Gasteiger partial charge in [0.2, 0.25) is 0 Å². The largest absolute Gasteiger partial charge is 0.332 e. The average molecular weight is 463 g/mol. The SMILES string of the molecule is Cn1c(=O)n(C)c2cc(C(=O)N3CCCCC3c3ccc(Cl)cc3)c(Br)cc21. The number of carbonyl (C=O) groups is 1. The molecule has 1 aliphatic rings. The Morgan fingerprint density at radius 3 is 2.39 bits per heavy atom. The Hall–Kier alpha value is -2.05. The molecule has 4 rings (SSSR count). The van der Waals surface area contributed by atoms with Crippen LogP contribution in [0.15, 0.2) is 45.7 Å². The van der Waals surface area contributed by atoms with Gasteiger partial charge >= 0.3 is 5.69 Å². The van der Waals surface area contributed by atoms with Gasteiger partial charge in [-0.15, -0.1) is 0 Å². The van der Waals surface area contributed by atoms with Crippen LogP contribution in [0.3, 0.4) is 0 Å². The highest BCUT2D eigenvalue weighted by Crippen LogP contribution is 2.34. The summed E-state index contributed by atoms with van der Waals surface area (Å²) in [5.74, 6) is -0.0234. The number of carbonyl (C=O) groups excluding carboxylic acids is 1. The molecule has 0 saturated carbocycles. The first-order valence-electron chi connectivity index (χ1n) is 9.30. The highest BCUT2D eigenvalue weighted by atomic mass is 79.9. The predicted molar refractivity (Wildman–Crippen MR) is 115 cm³/mol. The van der Waals surface area contributed by atoms with Crippen molar-refractivity contribution in [1.29, 1.82) is 0 Å². The fourth-order valence-electron chi connectivity index (χ4n) is 4.04. The van der Waals surface area contributed by atoms with E-state index in [-0.39, 0.29) is 17.6 Å². The third kappa shape index (κ3) is 3.18. The predicted octanol–water partition coefficient (Wildman–Crippen LogP) is 4.66. The molecule has 1 aliphatic heterocycles. The van der Waals surface area contributed by atoms with E-state index in [4.69, 9.17) is 11.6 Å². The molecule has 2 heterocycles. The number of hydrogen-bond donors (Lipinski definition) is 0. The number of piperidine rings is 1. The normalized spacial score (nSPS) is 17.3. The maximum Gasteiger partial charge on any atom is 0.328 e. The average Bonchev–Trinajstić information content (AvgIpc) is 2.91. The zero-order valence-corrected chi connectivity index (χ0v) is 18.1. The number of halogens is 2. The second kappa shape index (κ2) is 7.41. The number of amides is 1. The van der Waals surface area contributed by atoms with Crippen molar-refractivity contribution in [1.82, 2.24) is 14.0 Å². The van der Waals surface area contributed by atoms with E-state index in [0.717, 1.165) is 35.9 Å². The van der Waals surface area contributed by atoms with Crippen molar-refractivity contribution in [2.24, 2.45) is 14.1 Å². The van der Waals surface area contributed by atoms with Crippen molar-refractivity contribution < 1.29 is 4.79 Å². The summed E-state index contributed by atoms with van der Waals surface area (Å²) in [4.78, 5) is 27.7. The quantitative estimate of drug-likeness (QED) is 0.556. The molecule has 146 valence electrons. The number of rotatable bonds is 2. The van der Waals surface area contributed by atoms with Gasteiger partial charge in [0.15, 0.2) is 0 Å². The molecule has 0 N–H and O–H groups in total. The molecule has 7 heteroatoms. The van der Waals surface area contributed by atoms with Crippen molar-refractivity contribution >= 4 is 44.5 Å². The van der Waals surface area contributed by atoms with Crippen molar-refractivity contribution in [2.75, 3.05) is 6.54 Å². The number of fused-ring (bicyclic) bond motifs is 1. The molecule has 3 aromatic rings. The van der Waals surface area contributed by atoms with Gasteiger partial charge in [0.1, 0.15) is 0 Å². The molecule has 1 fully saturated rings. The standard InChI is InChI=1S/C21H21BrClN3O2/c1-24-18-11-15(16(22)12-19(18)25(2)21(24)28)20(27)26-10-4-3-5-17(26)13-6-8-14(23)9-7-13/h6-9,11-12,17H,3-5,10H2,1-2H3. The van der Waals surface area contributed by atoms with Gasteiger partial charge in [-0.2, -0.15) is 0 Å². The Morgan fingerprint density at radius 2 is 1.71 bits per heavy atom. The van der Waals surface area contributed by atoms with E-state index in [0.29, 0.717) is 21.6 Å². The van der Waals surface area contributed by atoms with Crippen LogP contribution in [-0.2, 0) is 14.1 Å². The summed E-state index contributed by atoms with van der Waals surface area (Å²) in [5, 5.41) is 0.690. The summed E-state index contributed by atoms with van der Waals surface area (Å²) < 4.78 is 3.86. The van der Waals surface area contributed by atoms with Crippen LogP contribution < -0.4 is 5.69 Å². The fraction of sp³-hybridized carbons (Fsp3) is 0.333. The molecule has 0 spiro atoms.